The molecule has 0 aliphatic heterocycles. The molecule has 8 heteroatoms. The number of likely N-dealkylation sites (N-methyl/N-ethyl adjacent to an activating group) is 1. The Morgan fingerprint density at radius 3 is 2.53 bits per heavy atom. The van der Waals surface area contributed by atoms with Crippen molar-refractivity contribution < 1.29 is 13.9 Å². The Morgan fingerprint density at radius 1 is 1.19 bits per heavy atom. The topological polar surface area (TPSA) is 64.4 Å². The number of benzene rings is 2. The van der Waals surface area contributed by atoms with Crippen molar-refractivity contribution in [1.29, 1.82) is 0 Å². The van der Waals surface area contributed by atoms with Gasteiger partial charge in [-0.25, -0.2) is 9.37 Å². The number of carbonyl (C=O) groups excluding carboxylic acids is 1. The number of rotatable bonds is 6. The fourth-order valence-electron chi connectivity index (χ4n) is 3.39. The summed E-state index contributed by atoms with van der Waals surface area (Å²) < 4.78 is 20.2. The highest BCUT2D eigenvalue weighted by Gasteiger charge is 2.19. The van der Waals surface area contributed by atoms with E-state index in [1.165, 1.54) is 34.4 Å². The quantitative estimate of drug-likeness (QED) is 0.433. The average Bonchev–Trinajstić information content (AvgIpc) is 3.25. The van der Waals surface area contributed by atoms with Crippen LogP contribution in [0.25, 0.3) is 20.7 Å². The maximum atomic E-state index is 13.2. The van der Waals surface area contributed by atoms with E-state index in [-0.39, 0.29) is 29.9 Å². The fourth-order valence-corrected chi connectivity index (χ4v) is 4.46. The lowest BCUT2D eigenvalue weighted by Gasteiger charge is -2.25. The first-order valence-corrected chi connectivity index (χ1v) is 10.8. The Kier molecular flexibility index (Phi) is 6.05. The van der Waals surface area contributed by atoms with Crippen LogP contribution in [-0.4, -0.2) is 34.5 Å². The summed E-state index contributed by atoms with van der Waals surface area (Å²) in [5, 5.41) is 0. The molecule has 6 nitrogen and oxygen atoms in total. The van der Waals surface area contributed by atoms with Gasteiger partial charge < -0.3 is 9.64 Å². The molecule has 2 aromatic heterocycles. The number of ether oxygens (including phenoxy) is 1. The third-order valence-electron chi connectivity index (χ3n) is 5.51. The van der Waals surface area contributed by atoms with Gasteiger partial charge in [0.2, 0.25) is 5.91 Å². The molecular weight excluding hydrogens is 429 g/mol. The molecule has 4 aromatic rings. The Balaban J connectivity index is 1.56. The van der Waals surface area contributed by atoms with E-state index in [0.29, 0.717) is 10.2 Å². The molecule has 2 aromatic carbocycles. The zero-order valence-electron chi connectivity index (χ0n) is 17.9. The van der Waals surface area contributed by atoms with Crippen LogP contribution in [0.4, 0.5) is 4.39 Å². The molecule has 0 aliphatic rings. The molecular formula is C24H22FN3O3S. The van der Waals surface area contributed by atoms with Crippen LogP contribution in [0.3, 0.4) is 0 Å². The monoisotopic (exact) mass is 451 g/mol. The number of thiophene rings is 1. The van der Waals surface area contributed by atoms with Crippen molar-refractivity contribution in [2.75, 3.05) is 14.2 Å². The molecule has 0 fully saturated rings. The number of fused-ring (bicyclic) bond motifs is 1. The van der Waals surface area contributed by atoms with Crippen molar-refractivity contribution in [2.24, 2.45) is 0 Å². The molecule has 0 saturated carbocycles. The van der Waals surface area contributed by atoms with E-state index < -0.39 is 0 Å². The summed E-state index contributed by atoms with van der Waals surface area (Å²) in [6.45, 7) is 1.73. The minimum absolute atomic E-state index is 0.125. The van der Waals surface area contributed by atoms with E-state index in [1.807, 2.05) is 37.3 Å². The number of nitrogens with zero attached hydrogens (tertiary/aromatic N) is 3. The maximum absolute atomic E-state index is 13.2. The first kappa shape index (κ1) is 21.7. The molecule has 0 unspecified atom stereocenters. The van der Waals surface area contributed by atoms with Crippen LogP contribution in [0, 0.1) is 5.82 Å². The summed E-state index contributed by atoms with van der Waals surface area (Å²) in [6, 6.07) is 15.2. The lowest BCUT2D eigenvalue weighted by molar-refractivity contribution is -0.132. The van der Waals surface area contributed by atoms with Crippen molar-refractivity contribution in [3.63, 3.8) is 0 Å². The standard InChI is InChI=1S/C24H22FN3O3S/c1-15(16-4-8-18(25)9-5-16)27(2)22(29)13-28-14-26-20-12-21(32-23(20)24(28)30)17-6-10-19(31-3)11-7-17/h4-12,14-15H,13H2,1-3H3/t15-/m0/s1. The molecule has 1 amide bonds. The van der Waals surface area contributed by atoms with Gasteiger partial charge in [0.1, 0.15) is 22.8 Å². The summed E-state index contributed by atoms with van der Waals surface area (Å²) >= 11 is 1.35. The summed E-state index contributed by atoms with van der Waals surface area (Å²) in [5.41, 5.74) is 2.12. The second-order valence-electron chi connectivity index (χ2n) is 7.46. The summed E-state index contributed by atoms with van der Waals surface area (Å²) in [4.78, 5) is 32.7. The highest BCUT2D eigenvalue weighted by atomic mass is 32.1. The molecule has 0 N–H and O–H groups in total. The molecule has 1 atom stereocenters. The molecule has 32 heavy (non-hydrogen) atoms. The SMILES string of the molecule is COc1ccc(-c2cc3ncn(CC(=O)N(C)[C@@H](C)c4ccc(F)cc4)c(=O)c3s2)cc1. The highest BCUT2D eigenvalue weighted by Crippen LogP contribution is 2.31. The van der Waals surface area contributed by atoms with E-state index in [4.69, 9.17) is 4.74 Å². The summed E-state index contributed by atoms with van der Waals surface area (Å²) in [6.07, 6.45) is 1.41. The number of methoxy groups -OCH3 is 1. The Bertz CT molecular complexity index is 1310. The normalized spacial score (nSPS) is 12.0. The fraction of sp³-hybridized carbons (Fsp3) is 0.208. The first-order chi connectivity index (χ1) is 15.4. The molecule has 164 valence electrons. The van der Waals surface area contributed by atoms with Crippen LogP contribution in [0.15, 0.2) is 65.7 Å². The van der Waals surface area contributed by atoms with Gasteiger partial charge in [0.05, 0.1) is 25.0 Å². The number of amides is 1. The third-order valence-corrected chi connectivity index (χ3v) is 6.67. The first-order valence-electron chi connectivity index (χ1n) is 10.0. The van der Waals surface area contributed by atoms with Crippen molar-refractivity contribution in [3.05, 3.63) is 82.7 Å². The Morgan fingerprint density at radius 2 is 1.88 bits per heavy atom. The largest absolute Gasteiger partial charge is 0.497 e. The number of carbonyl (C=O) groups is 1. The molecule has 0 bridgehead atoms. The van der Waals surface area contributed by atoms with E-state index in [0.717, 1.165) is 21.8 Å². The van der Waals surface area contributed by atoms with Gasteiger partial charge in [0, 0.05) is 11.9 Å². The van der Waals surface area contributed by atoms with Gasteiger partial charge in [-0.15, -0.1) is 11.3 Å². The predicted octanol–water partition coefficient (Wildman–Crippen LogP) is 4.49. The smallest absolute Gasteiger partial charge is 0.271 e. The number of hydrogen-bond donors (Lipinski definition) is 0. The zero-order chi connectivity index (χ0) is 22.8. The maximum Gasteiger partial charge on any atom is 0.271 e. The van der Waals surface area contributed by atoms with Crippen molar-refractivity contribution in [2.45, 2.75) is 19.5 Å². The Hall–Kier alpha value is -3.52. The van der Waals surface area contributed by atoms with Crippen molar-refractivity contribution in [1.82, 2.24) is 14.5 Å². The van der Waals surface area contributed by atoms with Gasteiger partial charge in [-0.3, -0.25) is 14.2 Å². The molecule has 0 saturated heterocycles. The second kappa shape index (κ2) is 8.92. The third kappa shape index (κ3) is 4.27. The highest BCUT2D eigenvalue weighted by molar-refractivity contribution is 7.22. The van der Waals surface area contributed by atoms with E-state index in [2.05, 4.69) is 4.98 Å². The zero-order valence-corrected chi connectivity index (χ0v) is 18.7. The van der Waals surface area contributed by atoms with E-state index in [9.17, 15) is 14.0 Å². The van der Waals surface area contributed by atoms with Crippen LogP contribution in [0.5, 0.6) is 5.75 Å². The number of halogens is 1. The van der Waals surface area contributed by atoms with Crippen molar-refractivity contribution >= 4 is 27.5 Å². The molecule has 4 rings (SSSR count). The molecule has 0 radical (unpaired) electrons. The number of aromatic nitrogens is 2. The van der Waals surface area contributed by atoms with E-state index in [1.54, 1.807) is 31.2 Å². The van der Waals surface area contributed by atoms with Crippen LogP contribution >= 0.6 is 11.3 Å². The van der Waals surface area contributed by atoms with Crippen LogP contribution in [0.1, 0.15) is 18.5 Å². The number of hydrogen-bond acceptors (Lipinski definition) is 5. The van der Waals surface area contributed by atoms with Gasteiger partial charge in [-0.05, 0) is 60.5 Å². The lowest BCUT2D eigenvalue weighted by atomic mass is 10.1. The summed E-state index contributed by atoms with van der Waals surface area (Å²) in [5.74, 6) is 0.190. The minimum Gasteiger partial charge on any atom is -0.497 e. The molecule has 0 aliphatic carbocycles. The van der Waals surface area contributed by atoms with E-state index >= 15 is 0 Å². The molecule has 2 heterocycles. The van der Waals surface area contributed by atoms with Gasteiger partial charge in [0.15, 0.2) is 0 Å². The van der Waals surface area contributed by atoms with Crippen LogP contribution in [-0.2, 0) is 11.3 Å². The molecule has 0 spiro atoms. The van der Waals surface area contributed by atoms with Gasteiger partial charge in [-0.1, -0.05) is 12.1 Å². The summed E-state index contributed by atoms with van der Waals surface area (Å²) in [7, 11) is 3.28. The van der Waals surface area contributed by atoms with Crippen LogP contribution < -0.4 is 10.3 Å². The predicted molar refractivity (Wildman–Crippen MR) is 123 cm³/mol. The minimum atomic E-state index is -0.328. The van der Waals surface area contributed by atoms with Crippen LogP contribution in [0.2, 0.25) is 0 Å². The van der Waals surface area contributed by atoms with Gasteiger partial charge >= 0.3 is 0 Å². The average molecular weight is 452 g/mol. The lowest BCUT2D eigenvalue weighted by Crippen LogP contribution is -2.35. The van der Waals surface area contributed by atoms with Gasteiger partial charge in [0.25, 0.3) is 5.56 Å². The Labute approximate surface area is 188 Å². The second-order valence-corrected chi connectivity index (χ2v) is 8.52. The van der Waals surface area contributed by atoms with Gasteiger partial charge in [-0.2, -0.15) is 0 Å². The van der Waals surface area contributed by atoms with Crippen molar-refractivity contribution in [3.8, 4) is 16.2 Å².